The highest BCUT2D eigenvalue weighted by Crippen LogP contribution is 2.12. The highest BCUT2D eigenvalue weighted by atomic mass is 16.5. The third-order valence-electron chi connectivity index (χ3n) is 3.34. The van der Waals surface area contributed by atoms with Gasteiger partial charge in [0.05, 0.1) is 13.7 Å². The first-order chi connectivity index (χ1) is 9.22. The zero-order valence-corrected chi connectivity index (χ0v) is 11.0. The van der Waals surface area contributed by atoms with Crippen LogP contribution in [0.2, 0.25) is 0 Å². The molecule has 5 nitrogen and oxygen atoms in total. The summed E-state index contributed by atoms with van der Waals surface area (Å²) in [6.07, 6.45) is 0.864. The number of carbonyl (C=O) groups is 2. The third-order valence-corrected chi connectivity index (χ3v) is 3.34. The summed E-state index contributed by atoms with van der Waals surface area (Å²) in [5.41, 5.74) is 0.693. The Balaban J connectivity index is 1.88. The van der Waals surface area contributed by atoms with Gasteiger partial charge in [-0.15, -0.1) is 0 Å². The van der Waals surface area contributed by atoms with Gasteiger partial charge in [0.25, 0.3) is 0 Å². The molecule has 0 aliphatic carbocycles. The molecule has 1 aliphatic heterocycles. The zero-order chi connectivity index (χ0) is 13.7. The smallest absolute Gasteiger partial charge is 0.209 e. The van der Waals surface area contributed by atoms with Crippen molar-refractivity contribution in [2.45, 2.75) is 0 Å². The molecule has 0 atom stereocenters. The standard InChI is InChI=1S/C14H18N2O3/c1-19-13-4-2-12(3-5-13)14(18)10-15-6-8-16(11-17)9-7-15/h2-5,11H,6-10H2,1H3. The van der Waals surface area contributed by atoms with Crippen molar-refractivity contribution >= 4 is 12.2 Å². The van der Waals surface area contributed by atoms with Crippen LogP contribution >= 0.6 is 0 Å². The van der Waals surface area contributed by atoms with Crippen molar-refractivity contribution < 1.29 is 14.3 Å². The maximum absolute atomic E-state index is 12.1. The Morgan fingerprint density at radius 3 is 2.37 bits per heavy atom. The SMILES string of the molecule is COc1ccc(C(=O)CN2CCN(C=O)CC2)cc1. The van der Waals surface area contributed by atoms with E-state index in [0.717, 1.165) is 25.2 Å². The number of piperazine rings is 1. The number of amides is 1. The van der Waals surface area contributed by atoms with Crippen molar-refractivity contribution in [3.05, 3.63) is 29.8 Å². The molecule has 1 aliphatic rings. The monoisotopic (exact) mass is 262 g/mol. The summed E-state index contributed by atoms with van der Waals surface area (Å²) in [5.74, 6) is 0.846. The van der Waals surface area contributed by atoms with Gasteiger partial charge in [-0.3, -0.25) is 14.5 Å². The molecule has 0 aromatic heterocycles. The van der Waals surface area contributed by atoms with E-state index < -0.39 is 0 Å². The lowest BCUT2D eigenvalue weighted by Crippen LogP contribution is -2.47. The van der Waals surface area contributed by atoms with Gasteiger partial charge in [-0.25, -0.2) is 0 Å². The molecule has 102 valence electrons. The number of carbonyl (C=O) groups excluding carboxylic acids is 2. The molecule has 0 saturated carbocycles. The number of rotatable bonds is 5. The van der Waals surface area contributed by atoms with Crippen molar-refractivity contribution in [3.63, 3.8) is 0 Å². The van der Waals surface area contributed by atoms with Crippen LogP contribution in [0.25, 0.3) is 0 Å². The van der Waals surface area contributed by atoms with Gasteiger partial charge in [0, 0.05) is 31.7 Å². The highest BCUT2D eigenvalue weighted by Gasteiger charge is 2.18. The molecule has 1 aromatic carbocycles. The van der Waals surface area contributed by atoms with Crippen LogP contribution in [-0.4, -0.2) is 61.8 Å². The average Bonchev–Trinajstić information content (AvgIpc) is 2.48. The lowest BCUT2D eigenvalue weighted by Gasteiger charge is -2.31. The van der Waals surface area contributed by atoms with E-state index in [-0.39, 0.29) is 5.78 Å². The second-order valence-corrected chi connectivity index (χ2v) is 4.57. The fraction of sp³-hybridized carbons (Fsp3) is 0.429. The van der Waals surface area contributed by atoms with E-state index in [1.165, 1.54) is 0 Å². The Bertz CT molecular complexity index is 437. The Hall–Kier alpha value is -1.88. The minimum absolute atomic E-state index is 0.0993. The Labute approximate surface area is 112 Å². The van der Waals surface area contributed by atoms with Crippen molar-refractivity contribution in [1.82, 2.24) is 9.80 Å². The van der Waals surface area contributed by atoms with Gasteiger partial charge >= 0.3 is 0 Å². The second kappa shape index (κ2) is 6.33. The normalized spacial score (nSPS) is 16.2. The molecule has 1 fully saturated rings. The predicted octanol–water partition coefficient (Wildman–Crippen LogP) is 0.652. The van der Waals surface area contributed by atoms with Crippen LogP contribution in [0.5, 0.6) is 5.75 Å². The topological polar surface area (TPSA) is 49.9 Å². The van der Waals surface area contributed by atoms with Gasteiger partial charge in [-0.1, -0.05) is 0 Å². The minimum atomic E-state index is 0.0993. The van der Waals surface area contributed by atoms with E-state index in [1.807, 2.05) is 0 Å². The number of ether oxygens (including phenoxy) is 1. The third kappa shape index (κ3) is 3.54. The van der Waals surface area contributed by atoms with Gasteiger partial charge in [0.2, 0.25) is 6.41 Å². The summed E-state index contributed by atoms with van der Waals surface area (Å²) >= 11 is 0. The minimum Gasteiger partial charge on any atom is -0.497 e. The van der Waals surface area contributed by atoms with E-state index in [0.29, 0.717) is 25.2 Å². The Kier molecular flexibility index (Phi) is 4.52. The molecule has 0 bridgehead atoms. The Morgan fingerprint density at radius 1 is 1.21 bits per heavy atom. The summed E-state index contributed by atoms with van der Waals surface area (Å²) in [6.45, 7) is 3.29. The van der Waals surface area contributed by atoms with E-state index >= 15 is 0 Å². The average molecular weight is 262 g/mol. The van der Waals surface area contributed by atoms with Gasteiger partial charge < -0.3 is 9.64 Å². The Morgan fingerprint density at radius 2 is 1.84 bits per heavy atom. The summed E-state index contributed by atoms with van der Waals surface area (Å²) < 4.78 is 5.06. The van der Waals surface area contributed by atoms with Crippen molar-refractivity contribution in [3.8, 4) is 5.75 Å². The van der Waals surface area contributed by atoms with Crippen LogP contribution in [0, 0.1) is 0 Å². The number of Topliss-reactive ketones (excluding diaryl/α,β-unsaturated/α-hetero) is 1. The van der Waals surface area contributed by atoms with Gasteiger partial charge in [0.15, 0.2) is 5.78 Å². The fourth-order valence-corrected chi connectivity index (χ4v) is 2.10. The molecule has 1 amide bonds. The van der Waals surface area contributed by atoms with Gasteiger partial charge in [-0.05, 0) is 24.3 Å². The van der Waals surface area contributed by atoms with Gasteiger partial charge in [-0.2, -0.15) is 0 Å². The fourth-order valence-electron chi connectivity index (χ4n) is 2.10. The molecule has 1 heterocycles. The number of benzene rings is 1. The zero-order valence-electron chi connectivity index (χ0n) is 11.0. The number of hydrogen-bond donors (Lipinski definition) is 0. The first-order valence-corrected chi connectivity index (χ1v) is 6.32. The maximum Gasteiger partial charge on any atom is 0.209 e. The molecular formula is C14H18N2O3. The van der Waals surface area contributed by atoms with Crippen LogP contribution < -0.4 is 4.74 Å². The van der Waals surface area contributed by atoms with E-state index in [2.05, 4.69) is 4.90 Å². The van der Waals surface area contributed by atoms with Crippen molar-refractivity contribution in [2.24, 2.45) is 0 Å². The molecule has 0 radical (unpaired) electrons. The first kappa shape index (κ1) is 13.5. The number of hydrogen-bond acceptors (Lipinski definition) is 4. The number of nitrogens with zero attached hydrogens (tertiary/aromatic N) is 2. The first-order valence-electron chi connectivity index (χ1n) is 6.32. The highest BCUT2D eigenvalue weighted by molar-refractivity contribution is 5.97. The summed E-state index contributed by atoms with van der Waals surface area (Å²) in [7, 11) is 1.60. The summed E-state index contributed by atoms with van der Waals surface area (Å²) in [6, 6.07) is 7.14. The van der Waals surface area contributed by atoms with Crippen molar-refractivity contribution in [1.29, 1.82) is 0 Å². The number of methoxy groups -OCH3 is 1. The van der Waals surface area contributed by atoms with Gasteiger partial charge in [0.1, 0.15) is 5.75 Å². The lowest BCUT2D eigenvalue weighted by molar-refractivity contribution is -0.119. The molecule has 0 spiro atoms. The molecule has 1 aromatic rings. The van der Waals surface area contributed by atoms with E-state index in [4.69, 9.17) is 4.74 Å². The molecule has 19 heavy (non-hydrogen) atoms. The van der Waals surface area contributed by atoms with Crippen LogP contribution in [0.4, 0.5) is 0 Å². The quantitative estimate of drug-likeness (QED) is 0.577. The largest absolute Gasteiger partial charge is 0.497 e. The molecule has 1 saturated heterocycles. The molecular weight excluding hydrogens is 244 g/mol. The molecule has 2 rings (SSSR count). The van der Waals surface area contributed by atoms with Crippen LogP contribution in [0.15, 0.2) is 24.3 Å². The summed E-state index contributed by atoms with van der Waals surface area (Å²) in [4.78, 5) is 26.5. The number of ketones is 1. The van der Waals surface area contributed by atoms with Crippen LogP contribution in [-0.2, 0) is 4.79 Å². The predicted molar refractivity (Wildman–Crippen MR) is 71.4 cm³/mol. The van der Waals surface area contributed by atoms with Crippen LogP contribution in [0.3, 0.4) is 0 Å². The van der Waals surface area contributed by atoms with Crippen LogP contribution in [0.1, 0.15) is 10.4 Å². The lowest BCUT2D eigenvalue weighted by atomic mass is 10.1. The van der Waals surface area contributed by atoms with Crippen molar-refractivity contribution in [2.75, 3.05) is 39.8 Å². The molecule has 5 heteroatoms. The second-order valence-electron chi connectivity index (χ2n) is 4.57. The van der Waals surface area contributed by atoms with E-state index in [1.54, 1.807) is 36.3 Å². The van der Waals surface area contributed by atoms with E-state index in [9.17, 15) is 9.59 Å². The molecule has 0 N–H and O–H groups in total. The summed E-state index contributed by atoms with van der Waals surface area (Å²) in [5, 5.41) is 0. The maximum atomic E-state index is 12.1. The molecule has 0 unspecified atom stereocenters.